The van der Waals surface area contributed by atoms with Crippen molar-refractivity contribution in [1.82, 2.24) is 15.2 Å². The number of carbonyl (C=O) groups excluding carboxylic acids is 2. The molecule has 4 rings (SSSR count). The molecule has 2 atom stereocenters. The van der Waals surface area contributed by atoms with Crippen LogP contribution in [0.4, 0.5) is 34.3 Å². The first-order valence-electron chi connectivity index (χ1n) is 13.8. The summed E-state index contributed by atoms with van der Waals surface area (Å²) in [5, 5.41) is 18.1. The molecule has 236 valence electrons. The van der Waals surface area contributed by atoms with Crippen molar-refractivity contribution in [2.24, 2.45) is 0 Å². The average molecular weight is 675 g/mol. The second-order valence-corrected chi connectivity index (χ2v) is 13.3. The summed E-state index contributed by atoms with van der Waals surface area (Å²) in [6.45, 7) is 10.2. The van der Waals surface area contributed by atoms with E-state index in [1.165, 1.54) is 6.07 Å². The van der Waals surface area contributed by atoms with Gasteiger partial charge in [-0.15, -0.1) is 10.2 Å². The summed E-state index contributed by atoms with van der Waals surface area (Å²) in [6, 6.07) is 1.37. The van der Waals surface area contributed by atoms with Gasteiger partial charge in [0.05, 0.1) is 10.2 Å². The number of hydrogen-bond donors (Lipinski definition) is 1. The van der Waals surface area contributed by atoms with E-state index in [1.807, 2.05) is 4.90 Å². The molecule has 2 aliphatic rings. The van der Waals surface area contributed by atoms with Crippen LogP contribution in [0.3, 0.4) is 0 Å². The molecule has 15 heteroatoms. The summed E-state index contributed by atoms with van der Waals surface area (Å²) in [7, 11) is 0. The standard InChI is InChI=1S/C28H35BrF3N5O6/c1-25(2,3)42-23(38)37(24(39)43-26(4,5)6)18-15-17(29)20-33-19(18)21-34-35-22(41-21)27(40,28(30,31)32)13-9-7-8-11-16-12-10-14-36(16)20/h7-8,15-16,40H,9-14H2,1-6H3/t16-,27?/m1/s1. The Bertz CT molecular complexity index is 1370. The molecular formula is C28H35BrF3N5O6. The Morgan fingerprint density at radius 3 is 2.30 bits per heavy atom. The monoisotopic (exact) mass is 673 g/mol. The Labute approximate surface area is 255 Å². The maximum absolute atomic E-state index is 14.2. The highest BCUT2D eigenvalue weighted by Crippen LogP contribution is 2.45. The predicted octanol–water partition coefficient (Wildman–Crippen LogP) is 7.03. The van der Waals surface area contributed by atoms with Crippen molar-refractivity contribution in [2.75, 3.05) is 16.3 Å². The van der Waals surface area contributed by atoms with Crippen molar-refractivity contribution in [3.05, 3.63) is 28.6 Å². The third-order valence-electron chi connectivity index (χ3n) is 6.68. The minimum Gasteiger partial charge on any atom is -0.443 e. The normalized spacial score (nSPS) is 21.2. The number of carbonyl (C=O) groups is 2. The number of halogens is 4. The number of pyridine rings is 1. The average Bonchev–Trinajstić information content (AvgIpc) is 3.51. The number of alkyl halides is 3. The lowest BCUT2D eigenvalue weighted by Crippen LogP contribution is -2.44. The zero-order chi connectivity index (χ0) is 32.0. The lowest BCUT2D eigenvalue weighted by atomic mass is 9.96. The summed E-state index contributed by atoms with van der Waals surface area (Å²) < 4.78 is 59.4. The summed E-state index contributed by atoms with van der Waals surface area (Å²) in [4.78, 5) is 34.3. The van der Waals surface area contributed by atoms with Crippen LogP contribution in [0.15, 0.2) is 27.1 Å². The van der Waals surface area contributed by atoms with Gasteiger partial charge in [0.2, 0.25) is 5.60 Å². The number of rotatable bonds is 1. The highest BCUT2D eigenvalue weighted by atomic mass is 79.9. The van der Waals surface area contributed by atoms with E-state index in [0.717, 1.165) is 12.8 Å². The molecule has 0 spiro atoms. The molecular weight excluding hydrogens is 639 g/mol. The summed E-state index contributed by atoms with van der Waals surface area (Å²) in [6.07, 6.45) is -2.75. The van der Waals surface area contributed by atoms with Crippen LogP contribution in [0.25, 0.3) is 11.6 Å². The highest BCUT2D eigenvalue weighted by Gasteiger charge is 2.58. The molecule has 1 fully saturated rings. The largest absolute Gasteiger partial charge is 0.443 e. The van der Waals surface area contributed by atoms with E-state index in [2.05, 4.69) is 31.1 Å². The number of fused-ring (bicyclic) bond motifs is 7. The zero-order valence-corrected chi connectivity index (χ0v) is 26.4. The second kappa shape index (κ2) is 11.7. The van der Waals surface area contributed by atoms with Crippen LogP contribution in [0.5, 0.6) is 0 Å². The van der Waals surface area contributed by atoms with Gasteiger partial charge < -0.3 is 23.9 Å². The van der Waals surface area contributed by atoms with Crippen LogP contribution in [0, 0.1) is 0 Å². The molecule has 1 unspecified atom stereocenters. The number of ether oxygens (including phenoxy) is 2. The van der Waals surface area contributed by atoms with Gasteiger partial charge in [-0.3, -0.25) is 0 Å². The maximum Gasteiger partial charge on any atom is 0.426 e. The van der Waals surface area contributed by atoms with Gasteiger partial charge in [0, 0.05) is 12.6 Å². The molecule has 43 heavy (non-hydrogen) atoms. The SMILES string of the molecule is CC(C)(C)OC(=O)N(C(=O)OC(C)(C)C)c1cc(Br)c2nc1-c1nnc(o1)C(O)(C(F)(F)F)CCC=CC[C@@H]1CCCN21. The van der Waals surface area contributed by atoms with Gasteiger partial charge in [-0.2, -0.15) is 18.1 Å². The van der Waals surface area contributed by atoms with Crippen LogP contribution in [0.2, 0.25) is 0 Å². The molecule has 2 amide bonds. The van der Waals surface area contributed by atoms with Crippen molar-refractivity contribution in [2.45, 2.75) is 103 Å². The fourth-order valence-electron chi connectivity index (χ4n) is 4.76. The quantitative estimate of drug-likeness (QED) is 0.315. The van der Waals surface area contributed by atoms with E-state index in [0.29, 0.717) is 28.2 Å². The van der Waals surface area contributed by atoms with E-state index in [-0.39, 0.29) is 23.8 Å². The molecule has 0 aromatic carbocycles. The predicted molar refractivity (Wildman–Crippen MR) is 153 cm³/mol. The van der Waals surface area contributed by atoms with Crippen LogP contribution in [0.1, 0.15) is 79.5 Å². The molecule has 2 aliphatic heterocycles. The van der Waals surface area contributed by atoms with Crippen molar-refractivity contribution in [3.63, 3.8) is 0 Å². The van der Waals surface area contributed by atoms with Gasteiger partial charge in [-0.25, -0.2) is 14.6 Å². The second-order valence-electron chi connectivity index (χ2n) is 12.5. The summed E-state index contributed by atoms with van der Waals surface area (Å²) >= 11 is 3.51. The fourth-order valence-corrected chi connectivity index (χ4v) is 5.30. The number of aromatic nitrogens is 3. The first-order valence-corrected chi connectivity index (χ1v) is 14.6. The minimum absolute atomic E-state index is 0.0331. The van der Waals surface area contributed by atoms with Gasteiger partial charge >= 0.3 is 18.4 Å². The highest BCUT2D eigenvalue weighted by molar-refractivity contribution is 9.10. The number of anilines is 2. The fraction of sp³-hybridized carbons (Fsp3) is 0.607. The lowest BCUT2D eigenvalue weighted by molar-refractivity contribution is -0.276. The van der Waals surface area contributed by atoms with Crippen molar-refractivity contribution >= 4 is 39.6 Å². The van der Waals surface area contributed by atoms with E-state index < -0.39 is 53.4 Å². The number of aliphatic hydroxyl groups is 1. The molecule has 11 nitrogen and oxygen atoms in total. The molecule has 0 saturated carbocycles. The Morgan fingerprint density at radius 2 is 1.72 bits per heavy atom. The van der Waals surface area contributed by atoms with E-state index >= 15 is 0 Å². The number of hydrogen-bond acceptors (Lipinski definition) is 10. The molecule has 2 aromatic heterocycles. The van der Waals surface area contributed by atoms with E-state index in [1.54, 1.807) is 53.7 Å². The zero-order valence-electron chi connectivity index (χ0n) is 24.8. The van der Waals surface area contributed by atoms with Crippen LogP contribution < -0.4 is 9.80 Å². The first kappa shape index (κ1) is 32.7. The van der Waals surface area contributed by atoms with Crippen LogP contribution in [-0.4, -0.2) is 62.4 Å². The molecule has 0 aliphatic carbocycles. The minimum atomic E-state index is -5.15. The number of allylic oxidation sites excluding steroid dienone is 1. The Morgan fingerprint density at radius 1 is 1.09 bits per heavy atom. The first-order chi connectivity index (χ1) is 19.8. The molecule has 1 N–H and O–H groups in total. The number of imide groups is 1. The third kappa shape index (κ3) is 7.14. The summed E-state index contributed by atoms with van der Waals surface area (Å²) in [5.74, 6) is -1.26. The molecule has 2 aromatic rings. The maximum atomic E-state index is 14.2. The van der Waals surface area contributed by atoms with Crippen molar-refractivity contribution in [3.8, 4) is 11.6 Å². The van der Waals surface area contributed by atoms with Crippen molar-refractivity contribution in [1.29, 1.82) is 0 Å². The smallest absolute Gasteiger partial charge is 0.426 e. The van der Waals surface area contributed by atoms with Gasteiger partial charge in [0.1, 0.15) is 17.0 Å². The lowest BCUT2D eigenvalue weighted by Gasteiger charge is -2.31. The topological polar surface area (TPSA) is 131 Å². The van der Waals surface area contributed by atoms with Crippen molar-refractivity contribution < 1.29 is 41.8 Å². The number of nitrogens with zero attached hydrogens (tertiary/aromatic N) is 5. The van der Waals surface area contributed by atoms with Gasteiger partial charge in [-0.1, -0.05) is 12.2 Å². The third-order valence-corrected chi connectivity index (χ3v) is 7.26. The van der Waals surface area contributed by atoms with E-state index in [9.17, 15) is 27.9 Å². The summed E-state index contributed by atoms with van der Waals surface area (Å²) in [5.41, 5.74) is -6.05. The Balaban J connectivity index is 1.99. The number of amides is 2. The van der Waals surface area contributed by atoms with Gasteiger partial charge in [0.25, 0.3) is 11.8 Å². The van der Waals surface area contributed by atoms with E-state index in [4.69, 9.17) is 13.9 Å². The Kier molecular flexibility index (Phi) is 8.91. The van der Waals surface area contributed by atoms with Crippen LogP contribution >= 0.6 is 15.9 Å². The van der Waals surface area contributed by atoms with Gasteiger partial charge in [-0.05, 0) is 95.6 Å². The van der Waals surface area contributed by atoms with Crippen LogP contribution in [-0.2, 0) is 15.1 Å². The molecule has 4 heterocycles. The molecule has 1 saturated heterocycles. The van der Waals surface area contributed by atoms with Gasteiger partial charge in [0.15, 0.2) is 5.69 Å². The molecule has 0 radical (unpaired) electrons. The Hall–Kier alpha value is -3.20. The molecule has 4 bridgehead atoms.